The van der Waals surface area contributed by atoms with Gasteiger partial charge >= 0.3 is 0 Å². The van der Waals surface area contributed by atoms with Gasteiger partial charge in [0.15, 0.2) is 0 Å². The minimum Gasteiger partial charge on any atom is -0.480 e. The number of ether oxygens (including phenoxy) is 1. The highest BCUT2D eigenvalue weighted by atomic mass is 16.5. The van der Waals surface area contributed by atoms with Gasteiger partial charge in [0.2, 0.25) is 5.88 Å². The molecule has 2 aromatic heterocycles. The Morgan fingerprint density at radius 2 is 2.24 bits per heavy atom. The maximum absolute atomic E-state index is 5.00. The molecule has 90 valence electrons. The molecule has 0 fully saturated rings. The largest absolute Gasteiger partial charge is 0.480 e. The zero-order valence-electron chi connectivity index (χ0n) is 10.1. The Morgan fingerprint density at radius 1 is 1.41 bits per heavy atom. The summed E-state index contributed by atoms with van der Waals surface area (Å²) in [5.41, 5.74) is 2.15. The number of aromatic nitrogens is 4. The second kappa shape index (κ2) is 4.82. The van der Waals surface area contributed by atoms with Crippen LogP contribution in [0.1, 0.15) is 11.3 Å². The summed E-state index contributed by atoms with van der Waals surface area (Å²) in [5.74, 6) is 1.19. The van der Waals surface area contributed by atoms with Crippen molar-refractivity contribution >= 4 is 5.82 Å². The molecule has 0 bridgehead atoms. The number of hydrogen-bond donors (Lipinski definition) is 1. The number of methoxy groups -OCH3 is 1. The van der Waals surface area contributed by atoms with Crippen molar-refractivity contribution in [1.82, 2.24) is 19.7 Å². The minimum atomic E-state index is 0.498. The lowest BCUT2D eigenvalue weighted by Crippen LogP contribution is -2.03. The number of nitrogens with one attached hydrogen (secondary N) is 1. The molecule has 0 saturated carbocycles. The molecule has 0 saturated heterocycles. The van der Waals surface area contributed by atoms with Crippen LogP contribution >= 0.6 is 0 Å². The Bertz CT molecular complexity index is 508. The molecule has 2 rings (SSSR count). The van der Waals surface area contributed by atoms with E-state index < -0.39 is 0 Å². The molecule has 0 amide bonds. The van der Waals surface area contributed by atoms with E-state index in [2.05, 4.69) is 20.4 Å². The summed E-state index contributed by atoms with van der Waals surface area (Å²) < 4.78 is 6.80. The summed E-state index contributed by atoms with van der Waals surface area (Å²) >= 11 is 0. The third kappa shape index (κ3) is 2.72. The van der Waals surface area contributed by atoms with Gasteiger partial charge in [-0.05, 0) is 6.92 Å². The van der Waals surface area contributed by atoms with Crippen LogP contribution in [0.2, 0.25) is 0 Å². The lowest BCUT2D eigenvalue weighted by Gasteiger charge is -2.05. The number of anilines is 1. The van der Waals surface area contributed by atoms with Gasteiger partial charge in [0.25, 0.3) is 0 Å². The summed E-state index contributed by atoms with van der Waals surface area (Å²) in [6.45, 7) is 2.65. The molecule has 17 heavy (non-hydrogen) atoms. The van der Waals surface area contributed by atoms with Gasteiger partial charge in [0.05, 0.1) is 25.2 Å². The Morgan fingerprint density at radius 3 is 2.88 bits per heavy atom. The van der Waals surface area contributed by atoms with Crippen molar-refractivity contribution in [2.24, 2.45) is 7.05 Å². The second-order valence-corrected chi connectivity index (χ2v) is 3.71. The van der Waals surface area contributed by atoms with Crippen LogP contribution in [-0.4, -0.2) is 26.9 Å². The molecular formula is C11H15N5O. The first-order valence-corrected chi connectivity index (χ1v) is 5.28. The van der Waals surface area contributed by atoms with Crippen molar-refractivity contribution in [3.05, 3.63) is 29.8 Å². The van der Waals surface area contributed by atoms with E-state index in [4.69, 9.17) is 4.74 Å². The fourth-order valence-electron chi connectivity index (χ4n) is 1.54. The molecule has 2 heterocycles. The SMILES string of the molecule is COc1cncc(NCc2cn(C)nc2C)n1. The van der Waals surface area contributed by atoms with Crippen molar-refractivity contribution in [2.45, 2.75) is 13.5 Å². The third-order valence-electron chi connectivity index (χ3n) is 2.40. The Balaban J connectivity index is 2.04. The van der Waals surface area contributed by atoms with E-state index in [-0.39, 0.29) is 0 Å². The van der Waals surface area contributed by atoms with Gasteiger partial charge in [-0.25, -0.2) is 0 Å². The lowest BCUT2D eigenvalue weighted by atomic mass is 10.2. The van der Waals surface area contributed by atoms with Crippen LogP contribution in [0.15, 0.2) is 18.6 Å². The van der Waals surface area contributed by atoms with Crippen molar-refractivity contribution in [3.8, 4) is 5.88 Å². The van der Waals surface area contributed by atoms with E-state index in [1.165, 1.54) is 0 Å². The van der Waals surface area contributed by atoms with Crippen LogP contribution in [0.5, 0.6) is 5.88 Å². The smallest absolute Gasteiger partial charge is 0.233 e. The predicted molar refractivity (Wildman–Crippen MR) is 63.9 cm³/mol. The lowest BCUT2D eigenvalue weighted by molar-refractivity contribution is 0.396. The van der Waals surface area contributed by atoms with Crippen LogP contribution in [0.25, 0.3) is 0 Å². The normalized spacial score (nSPS) is 10.3. The van der Waals surface area contributed by atoms with Gasteiger partial charge in [0.1, 0.15) is 5.82 Å². The topological polar surface area (TPSA) is 64.9 Å². The molecule has 0 atom stereocenters. The minimum absolute atomic E-state index is 0.498. The summed E-state index contributed by atoms with van der Waals surface area (Å²) in [6.07, 6.45) is 5.21. The van der Waals surface area contributed by atoms with Gasteiger partial charge in [-0.15, -0.1) is 0 Å². The average molecular weight is 233 g/mol. The molecule has 6 heteroatoms. The maximum atomic E-state index is 5.00. The summed E-state index contributed by atoms with van der Waals surface area (Å²) in [6, 6.07) is 0. The van der Waals surface area contributed by atoms with Gasteiger partial charge in [-0.1, -0.05) is 0 Å². The zero-order valence-corrected chi connectivity index (χ0v) is 10.1. The molecule has 0 aliphatic rings. The van der Waals surface area contributed by atoms with E-state index in [9.17, 15) is 0 Å². The third-order valence-corrected chi connectivity index (χ3v) is 2.40. The van der Waals surface area contributed by atoms with Crippen LogP contribution in [-0.2, 0) is 13.6 Å². The Hall–Kier alpha value is -2.11. The molecule has 0 unspecified atom stereocenters. The number of nitrogens with zero attached hydrogens (tertiary/aromatic N) is 4. The van der Waals surface area contributed by atoms with Crippen molar-refractivity contribution in [3.63, 3.8) is 0 Å². The quantitative estimate of drug-likeness (QED) is 0.857. The zero-order chi connectivity index (χ0) is 12.3. The molecule has 1 N–H and O–H groups in total. The first kappa shape index (κ1) is 11.4. The monoisotopic (exact) mass is 233 g/mol. The van der Waals surface area contributed by atoms with Crippen molar-refractivity contribution in [1.29, 1.82) is 0 Å². The van der Waals surface area contributed by atoms with E-state index in [1.807, 2.05) is 20.2 Å². The molecule has 0 aromatic carbocycles. The highest BCUT2D eigenvalue weighted by Gasteiger charge is 2.03. The van der Waals surface area contributed by atoms with E-state index >= 15 is 0 Å². The van der Waals surface area contributed by atoms with Crippen molar-refractivity contribution in [2.75, 3.05) is 12.4 Å². The van der Waals surface area contributed by atoms with Crippen molar-refractivity contribution < 1.29 is 4.74 Å². The van der Waals surface area contributed by atoms with Crippen LogP contribution < -0.4 is 10.1 Å². The summed E-state index contributed by atoms with van der Waals surface area (Å²) in [5, 5.41) is 7.46. The number of hydrogen-bond acceptors (Lipinski definition) is 5. The van der Waals surface area contributed by atoms with Gasteiger partial charge in [0, 0.05) is 25.4 Å². The molecule has 0 aliphatic carbocycles. The van der Waals surface area contributed by atoms with Crippen LogP contribution in [0.3, 0.4) is 0 Å². The van der Waals surface area contributed by atoms with E-state index in [0.717, 1.165) is 11.3 Å². The fourth-order valence-corrected chi connectivity index (χ4v) is 1.54. The highest BCUT2D eigenvalue weighted by molar-refractivity contribution is 5.35. The maximum Gasteiger partial charge on any atom is 0.233 e. The van der Waals surface area contributed by atoms with E-state index in [0.29, 0.717) is 18.2 Å². The first-order chi connectivity index (χ1) is 8.19. The summed E-state index contributed by atoms with van der Waals surface area (Å²) in [4.78, 5) is 8.24. The van der Waals surface area contributed by atoms with Crippen LogP contribution in [0, 0.1) is 6.92 Å². The standard InChI is InChI=1S/C11H15N5O/c1-8-9(7-16(2)15-8)4-13-10-5-12-6-11(14-10)17-3/h5-7H,4H2,1-3H3,(H,13,14). The average Bonchev–Trinajstić information content (AvgIpc) is 2.65. The van der Waals surface area contributed by atoms with Gasteiger partial charge in [-0.2, -0.15) is 10.1 Å². The molecule has 0 spiro atoms. The number of rotatable bonds is 4. The predicted octanol–water partition coefficient (Wildman–Crippen LogP) is 1.14. The molecule has 2 aromatic rings. The Labute approximate surface area is 99.7 Å². The highest BCUT2D eigenvalue weighted by Crippen LogP contribution is 2.11. The van der Waals surface area contributed by atoms with Gasteiger partial charge < -0.3 is 10.1 Å². The molecule has 0 radical (unpaired) electrons. The molecule has 6 nitrogen and oxygen atoms in total. The fraction of sp³-hybridized carbons (Fsp3) is 0.364. The van der Waals surface area contributed by atoms with Gasteiger partial charge in [-0.3, -0.25) is 9.67 Å². The molecular weight excluding hydrogens is 218 g/mol. The van der Waals surface area contributed by atoms with E-state index in [1.54, 1.807) is 24.2 Å². The Kier molecular flexibility index (Phi) is 3.22. The second-order valence-electron chi connectivity index (χ2n) is 3.71. The molecule has 0 aliphatic heterocycles. The summed E-state index contributed by atoms with van der Waals surface area (Å²) in [7, 11) is 3.47. The first-order valence-electron chi connectivity index (χ1n) is 5.28. The van der Waals surface area contributed by atoms with Crippen LogP contribution in [0.4, 0.5) is 5.82 Å². The number of aryl methyl sites for hydroxylation is 2.